The Bertz CT molecular complexity index is 670. The molecular formula is C20H26O2Si. The monoisotopic (exact) mass is 326 g/mol. The summed E-state index contributed by atoms with van der Waals surface area (Å²) in [6.07, 6.45) is 1.72. The number of carbonyl (C=O) groups is 1. The third-order valence-corrected chi connectivity index (χ3v) is 8.97. The number of hydrogen-bond acceptors (Lipinski definition) is 2. The molecule has 0 atom stereocenters. The van der Waals surface area contributed by atoms with E-state index in [1.807, 2.05) is 30.3 Å². The lowest BCUT2D eigenvalue weighted by molar-refractivity contribution is 0.112. The van der Waals surface area contributed by atoms with Gasteiger partial charge in [-0.2, -0.15) is 0 Å². The van der Waals surface area contributed by atoms with Crippen LogP contribution in [0.4, 0.5) is 0 Å². The summed E-state index contributed by atoms with van der Waals surface area (Å²) in [5.74, 6) is 0.711. The summed E-state index contributed by atoms with van der Waals surface area (Å²) in [6.45, 7) is 11.0. The molecule has 122 valence electrons. The second kappa shape index (κ2) is 6.71. The topological polar surface area (TPSA) is 26.3 Å². The second-order valence-corrected chi connectivity index (χ2v) is 12.2. The van der Waals surface area contributed by atoms with E-state index in [0.717, 1.165) is 18.3 Å². The van der Waals surface area contributed by atoms with E-state index in [-0.39, 0.29) is 5.04 Å². The average molecular weight is 327 g/mol. The van der Waals surface area contributed by atoms with E-state index in [1.165, 1.54) is 5.56 Å². The molecule has 2 nitrogen and oxygen atoms in total. The van der Waals surface area contributed by atoms with E-state index in [4.69, 9.17) is 4.43 Å². The van der Waals surface area contributed by atoms with Gasteiger partial charge in [-0.1, -0.05) is 57.2 Å². The number of hydrogen-bond donors (Lipinski definition) is 0. The summed E-state index contributed by atoms with van der Waals surface area (Å²) in [6, 6.07) is 16.2. The van der Waals surface area contributed by atoms with Crippen molar-refractivity contribution in [3.05, 3.63) is 65.2 Å². The Balaban J connectivity index is 2.25. The van der Waals surface area contributed by atoms with Crippen LogP contribution in [0.3, 0.4) is 0 Å². The van der Waals surface area contributed by atoms with Crippen LogP contribution in [0.25, 0.3) is 0 Å². The van der Waals surface area contributed by atoms with Gasteiger partial charge in [-0.25, -0.2) is 0 Å². The minimum Gasteiger partial charge on any atom is -0.543 e. The van der Waals surface area contributed by atoms with E-state index >= 15 is 0 Å². The van der Waals surface area contributed by atoms with E-state index in [1.54, 1.807) is 0 Å². The molecule has 0 aliphatic heterocycles. The molecule has 0 spiro atoms. The van der Waals surface area contributed by atoms with Crippen molar-refractivity contribution < 1.29 is 9.22 Å². The highest BCUT2D eigenvalue weighted by Gasteiger charge is 2.39. The number of aldehydes is 1. The van der Waals surface area contributed by atoms with Crippen LogP contribution >= 0.6 is 0 Å². The zero-order valence-corrected chi connectivity index (χ0v) is 15.7. The molecule has 0 aliphatic carbocycles. The van der Waals surface area contributed by atoms with Gasteiger partial charge in [-0.15, -0.1) is 0 Å². The summed E-state index contributed by atoms with van der Waals surface area (Å²) >= 11 is 0. The van der Waals surface area contributed by atoms with Gasteiger partial charge < -0.3 is 4.43 Å². The molecule has 0 amide bonds. The number of carbonyl (C=O) groups excluding carboxylic acids is 1. The molecule has 0 heterocycles. The highest BCUT2D eigenvalue weighted by atomic mass is 28.4. The third-order valence-electron chi connectivity index (χ3n) is 4.62. The van der Waals surface area contributed by atoms with Gasteiger partial charge in [0, 0.05) is 0 Å². The van der Waals surface area contributed by atoms with E-state index in [2.05, 4.69) is 52.1 Å². The van der Waals surface area contributed by atoms with Crippen molar-refractivity contribution in [3.8, 4) is 5.75 Å². The maximum Gasteiger partial charge on any atom is 0.250 e. The Morgan fingerprint density at radius 2 is 1.65 bits per heavy atom. The van der Waals surface area contributed by atoms with Crippen LogP contribution < -0.4 is 4.43 Å². The summed E-state index contributed by atoms with van der Waals surface area (Å²) in [5.41, 5.74) is 3.01. The molecule has 0 saturated carbocycles. The van der Waals surface area contributed by atoms with Crippen molar-refractivity contribution in [2.45, 2.75) is 45.3 Å². The Kier molecular flexibility index (Phi) is 5.10. The lowest BCUT2D eigenvalue weighted by Crippen LogP contribution is -2.44. The van der Waals surface area contributed by atoms with Crippen LogP contribution in [0, 0.1) is 0 Å². The van der Waals surface area contributed by atoms with E-state index in [9.17, 15) is 4.79 Å². The smallest absolute Gasteiger partial charge is 0.250 e. The van der Waals surface area contributed by atoms with Crippen molar-refractivity contribution in [1.82, 2.24) is 0 Å². The minimum atomic E-state index is -1.94. The van der Waals surface area contributed by atoms with Gasteiger partial charge in [0.15, 0.2) is 6.29 Å². The first kappa shape index (κ1) is 17.5. The molecule has 0 aromatic heterocycles. The van der Waals surface area contributed by atoms with Gasteiger partial charge in [-0.05, 0) is 47.8 Å². The van der Waals surface area contributed by atoms with Gasteiger partial charge in [0.25, 0.3) is 8.32 Å². The Morgan fingerprint density at radius 3 is 2.22 bits per heavy atom. The van der Waals surface area contributed by atoms with Crippen molar-refractivity contribution in [1.29, 1.82) is 0 Å². The van der Waals surface area contributed by atoms with Gasteiger partial charge >= 0.3 is 0 Å². The summed E-state index contributed by atoms with van der Waals surface area (Å²) in [7, 11) is -1.94. The van der Waals surface area contributed by atoms with Crippen LogP contribution in [0.1, 0.15) is 42.3 Å². The predicted octanol–water partition coefficient (Wildman–Crippen LogP) is 5.47. The molecule has 0 saturated heterocycles. The second-order valence-electron chi connectivity index (χ2n) is 7.51. The Morgan fingerprint density at radius 1 is 1.00 bits per heavy atom. The molecule has 0 aliphatic rings. The van der Waals surface area contributed by atoms with Gasteiger partial charge in [0.05, 0.1) is 5.56 Å². The number of rotatable bonds is 5. The van der Waals surface area contributed by atoms with E-state index in [0.29, 0.717) is 11.3 Å². The molecule has 2 aromatic carbocycles. The molecule has 3 heteroatoms. The van der Waals surface area contributed by atoms with Crippen molar-refractivity contribution in [3.63, 3.8) is 0 Å². The van der Waals surface area contributed by atoms with Crippen LogP contribution in [0.5, 0.6) is 5.75 Å². The molecule has 0 bridgehead atoms. The molecular weight excluding hydrogens is 300 g/mol. The molecule has 0 fully saturated rings. The largest absolute Gasteiger partial charge is 0.543 e. The quantitative estimate of drug-likeness (QED) is 0.537. The lowest BCUT2D eigenvalue weighted by Gasteiger charge is -2.36. The Labute approximate surface area is 140 Å². The first-order chi connectivity index (χ1) is 10.7. The average Bonchev–Trinajstić information content (AvgIpc) is 2.48. The van der Waals surface area contributed by atoms with Crippen LogP contribution in [0.15, 0.2) is 48.5 Å². The van der Waals surface area contributed by atoms with Crippen LogP contribution in [0.2, 0.25) is 18.1 Å². The molecule has 0 unspecified atom stereocenters. The summed E-state index contributed by atoms with van der Waals surface area (Å²) < 4.78 is 6.30. The molecule has 0 N–H and O–H groups in total. The predicted molar refractivity (Wildman–Crippen MR) is 98.9 cm³/mol. The maximum absolute atomic E-state index is 11.5. The van der Waals surface area contributed by atoms with Crippen LogP contribution in [-0.4, -0.2) is 14.6 Å². The number of benzene rings is 2. The van der Waals surface area contributed by atoms with Crippen molar-refractivity contribution in [2.75, 3.05) is 0 Å². The van der Waals surface area contributed by atoms with Crippen molar-refractivity contribution >= 4 is 14.6 Å². The van der Waals surface area contributed by atoms with Crippen LogP contribution in [-0.2, 0) is 6.42 Å². The Hall–Kier alpha value is -1.87. The fraction of sp³-hybridized carbons (Fsp3) is 0.350. The maximum atomic E-state index is 11.5. The first-order valence-electron chi connectivity index (χ1n) is 8.04. The normalized spacial score (nSPS) is 12.0. The standard InChI is InChI=1S/C20H26O2Si/c1-20(2,3)23(4,5)22-19-12-11-17(14-18(19)15-21)13-16-9-7-6-8-10-16/h6-12,14-15H,13H2,1-5H3. The fourth-order valence-electron chi connectivity index (χ4n) is 2.15. The minimum absolute atomic E-state index is 0.107. The molecule has 23 heavy (non-hydrogen) atoms. The summed E-state index contributed by atoms with van der Waals surface area (Å²) in [5, 5.41) is 0.107. The fourth-order valence-corrected chi connectivity index (χ4v) is 3.19. The van der Waals surface area contributed by atoms with Gasteiger partial charge in [0.2, 0.25) is 0 Å². The van der Waals surface area contributed by atoms with E-state index < -0.39 is 8.32 Å². The van der Waals surface area contributed by atoms with Gasteiger partial charge in [-0.3, -0.25) is 4.79 Å². The zero-order chi connectivity index (χ0) is 17.1. The first-order valence-corrected chi connectivity index (χ1v) is 10.9. The van der Waals surface area contributed by atoms with Crippen molar-refractivity contribution in [2.24, 2.45) is 0 Å². The molecule has 2 aromatic rings. The zero-order valence-electron chi connectivity index (χ0n) is 14.7. The SMILES string of the molecule is CC(C)(C)[Si](C)(C)Oc1ccc(Cc2ccccc2)cc1C=O. The third kappa shape index (κ3) is 4.32. The van der Waals surface area contributed by atoms with Gasteiger partial charge in [0.1, 0.15) is 5.75 Å². The highest BCUT2D eigenvalue weighted by molar-refractivity contribution is 6.74. The molecule has 2 rings (SSSR count). The molecule has 0 radical (unpaired) electrons. The highest BCUT2D eigenvalue weighted by Crippen LogP contribution is 2.38. The summed E-state index contributed by atoms with van der Waals surface area (Å²) in [4.78, 5) is 11.5. The lowest BCUT2D eigenvalue weighted by atomic mass is 10.0.